The molecule has 0 saturated carbocycles. The van der Waals surface area contributed by atoms with Crippen LogP contribution in [-0.2, 0) is 14.4 Å². The van der Waals surface area contributed by atoms with Crippen molar-refractivity contribution in [1.82, 2.24) is 10.3 Å². The van der Waals surface area contributed by atoms with Gasteiger partial charge in [-0.3, -0.25) is 9.59 Å². The van der Waals surface area contributed by atoms with Crippen LogP contribution in [0.3, 0.4) is 0 Å². The van der Waals surface area contributed by atoms with Crippen LogP contribution in [0.2, 0.25) is 0 Å². The highest BCUT2D eigenvalue weighted by atomic mass is 32.2. The number of carboxylic acid groups (broad SMARTS) is 1. The summed E-state index contributed by atoms with van der Waals surface area (Å²) in [5, 5.41) is 16.2. The maximum atomic E-state index is 11.6. The zero-order valence-electron chi connectivity index (χ0n) is 11.0. The molecule has 1 unspecified atom stereocenters. The quantitative estimate of drug-likeness (QED) is 0.683. The Bertz CT molecular complexity index is 504. The predicted molar refractivity (Wildman–Crippen MR) is 78.0 cm³/mol. The van der Waals surface area contributed by atoms with Crippen molar-refractivity contribution in [3.05, 3.63) is 11.1 Å². The van der Waals surface area contributed by atoms with Crippen LogP contribution < -0.4 is 10.6 Å². The lowest BCUT2D eigenvalue weighted by Gasteiger charge is -2.12. The van der Waals surface area contributed by atoms with Crippen molar-refractivity contribution in [1.29, 1.82) is 0 Å². The minimum absolute atomic E-state index is 0.0992. The van der Waals surface area contributed by atoms with Crippen LogP contribution >= 0.6 is 23.1 Å². The van der Waals surface area contributed by atoms with E-state index in [9.17, 15) is 14.4 Å². The highest BCUT2D eigenvalue weighted by molar-refractivity contribution is 8.00. The number of anilines is 1. The van der Waals surface area contributed by atoms with Crippen LogP contribution in [0.1, 0.15) is 12.6 Å². The largest absolute Gasteiger partial charge is 0.480 e. The average Bonchev–Trinajstić information content (AvgIpc) is 2.72. The minimum atomic E-state index is -1.12. The minimum Gasteiger partial charge on any atom is -0.480 e. The smallest absolute Gasteiger partial charge is 0.327 e. The highest BCUT2D eigenvalue weighted by Crippen LogP contribution is 2.15. The third kappa shape index (κ3) is 6.02. The fourth-order valence-electron chi connectivity index (χ4n) is 1.26. The SMILES string of the molecule is CC(=O)NC(CSCC(=O)Nc1nc(C)cs1)C(=O)O. The van der Waals surface area contributed by atoms with Crippen molar-refractivity contribution >= 4 is 46.0 Å². The molecule has 20 heavy (non-hydrogen) atoms. The molecular formula is C11H15N3O4S2. The van der Waals surface area contributed by atoms with E-state index in [0.717, 1.165) is 17.5 Å². The number of carboxylic acids is 1. The van der Waals surface area contributed by atoms with E-state index >= 15 is 0 Å². The molecule has 1 atom stereocenters. The molecule has 110 valence electrons. The Balaban J connectivity index is 2.33. The Hall–Kier alpha value is -1.61. The molecule has 0 saturated heterocycles. The standard InChI is InChI=1S/C11H15N3O4S2/c1-6-3-20-11(12-6)14-9(16)5-19-4-8(10(17)18)13-7(2)15/h3,8H,4-5H2,1-2H3,(H,13,15)(H,17,18)(H,12,14,16). The first-order chi connectivity index (χ1) is 9.38. The van der Waals surface area contributed by atoms with E-state index in [-0.39, 0.29) is 17.4 Å². The second-order valence-corrected chi connectivity index (χ2v) is 5.84. The Morgan fingerprint density at radius 1 is 1.50 bits per heavy atom. The topological polar surface area (TPSA) is 108 Å². The van der Waals surface area contributed by atoms with Gasteiger partial charge in [0.05, 0.1) is 11.4 Å². The molecule has 3 N–H and O–H groups in total. The Morgan fingerprint density at radius 2 is 2.20 bits per heavy atom. The number of carbonyl (C=O) groups is 3. The van der Waals surface area contributed by atoms with E-state index in [4.69, 9.17) is 5.11 Å². The number of hydrogen-bond acceptors (Lipinski definition) is 6. The number of carbonyl (C=O) groups excluding carboxylic acids is 2. The van der Waals surface area contributed by atoms with Crippen molar-refractivity contribution < 1.29 is 19.5 Å². The number of thiazole rings is 1. The first kappa shape index (κ1) is 16.4. The molecule has 0 bridgehead atoms. The summed E-state index contributed by atoms with van der Waals surface area (Å²) in [5.74, 6) is -1.57. The van der Waals surface area contributed by atoms with Crippen LogP contribution in [0.25, 0.3) is 0 Å². The van der Waals surface area contributed by atoms with Gasteiger partial charge in [-0.05, 0) is 6.92 Å². The van der Waals surface area contributed by atoms with Gasteiger partial charge < -0.3 is 15.7 Å². The zero-order chi connectivity index (χ0) is 15.1. The molecule has 0 aliphatic rings. The van der Waals surface area contributed by atoms with Crippen LogP contribution in [-0.4, -0.2) is 45.4 Å². The molecule has 0 aliphatic carbocycles. The van der Waals surface area contributed by atoms with E-state index in [1.54, 1.807) is 0 Å². The molecule has 1 rings (SSSR count). The molecule has 7 nitrogen and oxygen atoms in total. The molecule has 0 spiro atoms. The highest BCUT2D eigenvalue weighted by Gasteiger charge is 2.18. The first-order valence-electron chi connectivity index (χ1n) is 5.68. The van der Waals surface area contributed by atoms with E-state index < -0.39 is 17.9 Å². The van der Waals surface area contributed by atoms with Crippen LogP contribution in [0.15, 0.2) is 5.38 Å². The number of nitrogens with one attached hydrogen (secondary N) is 2. The third-order valence-corrected chi connectivity index (χ3v) is 3.97. The van der Waals surface area contributed by atoms with Gasteiger partial charge in [-0.2, -0.15) is 0 Å². The van der Waals surface area contributed by atoms with Crippen LogP contribution in [0, 0.1) is 6.92 Å². The second-order valence-electron chi connectivity index (χ2n) is 3.95. The summed E-state index contributed by atoms with van der Waals surface area (Å²) in [5.41, 5.74) is 0.828. The summed E-state index contributed by atoms with van der Waals surface area (Å²) in [6.07, 6.45) is 0. The predicted octanol–water partition coefficient (Wildman–Crippen LogP) is 0.713. The van der Waals surface area contributed by atoms with Crippen LogP contribution in [0.4, 0.5) is 5.13 Å². The van der Waals surface area contributed by atoms with E-state index in [0.29, 0.717) is 5.13 Å². The summed E-state index contributed by atoms with van der Waals surface area (Å²) in [6, 6.07) is -0.993. The maximum absolute atomic E-state index is 11.6. The van der Waals surface area contributed by atoms with Gasteiger partial charge in [-0.1, -0.05) is 0 Å². The number of hydrogen-bond donors (Lipinski definition) is 3. The normalized spacial score (nSPS) is 11.7. The number of aromatic nitrogens is 1. The van der Waals surface area contributed by atoms with Crippen molar-refractivity contribution in [3.63, 3.8) is 0 Å². The Kier molecular flexibility index (Phi) is 6.46. The molecular weight excluding hydrogens is 302 g/mol. The molecule has 0 radical (unpaired) electrons. The van der Waals surface area contributed by atoms with E-state index in [1.165, 1.54) is 18.3 Å². The molecule has 1 aromatic rings. The van der Waals surface area contributed by atoms with Gasteiger partial charge in [-0.15, -0.1) is 23.1 Å². The van der Waals surface area contributed by atoms with Crippen molar-refractivity contribution in [2.24, 2.45) is 0 Å². The van der Waals surface area contributed by atoms with Gasteiger partial charge in [0.25, 0.3) is 0 Å². The number of amides is 2. The number of thioether (sulfide) groups is 1. The molecule has 2 amide bonds. The summed E-state index contributed by atoms with van der Waals surface area (Å²) in [6.45, 7) is 3.07. The van der Waals surface area contributed by atoms with Gasteiger partial charge in [0.1, 0.15) is 6.04 Å². The first-order valence-corrected chi connectivity index (χ1v) is 7.71. The lowest BCUT2D eigenvalue weighted by Crippen LogP contribution is -2.41. The summed E-state index contributed by atoms with van der Waals surface area (Å²) >= 11 is 2.46. The molecule has 9 heteroatoms. The summed E-state index contributed by atoms with van der Waals surface area (Å²) in [4.78, 5) is 37.4. The summed E-state index contributed by atoms with van der Waals surface area (Å²) in [7, 11) is 0. The van der Waals surface area contributed by atoms with Crippen molar-refractivity contribution in [3.8, 4) is 0 Å². The average molecular weight is 317 g/mol. The monoisotopic (exact) mass is 317 g/mol. The Morgan fingerprint density at radius 3 is 2.70 bits per heavy atom. The molecule has 1 heterocycles. The van der Waals surface area contributed by atoms with Gasteiger partial charge in [0.15, 0.2) is 5.13 Å². The van der Waals surface area contributed by atoms with Gasteiger partial charge >= 0.3 is 5.97 Å². The lowest BCUT2D eigenvalue weighted by atomic mass is 10.3. The lowest BCUT2D eigenvalue weighted by molar-refractivity contribution is -0.140. The number of rotatable bonds is 7. The van der Waals surface area contributed by atoms with Gasteiger partial charge in [0.2, 0.25) is 11.8 Å². The molecule has 0 aliphatic heterocycles. The number of nitrogens with zero attached hydrogens (tertiary/aromatic N) is 1. The number of aliphatic carboxylic acids is 1. The maximum Gasteiger partial charge on any atom is 0.327 e. The van der Waals surface area contributed by atoms with Crippen molar-refractivity contribution in [2.75, 3.05) is 16.8 Å². The zero-order valence-corrected chi connectivity index (χ0v) is 12.6. The van der Waals surface area contributed by atoms with Gasteiger partial charge in [0, 0.05) is 18.1 Å². The Labute approximate surface area is 124 Å². The second kappa shape index (κ2) is 7.85. The number of aryl methyl sites for hydroxylation is 1. The van der Waals surface area contributed by atoms with Crippen LogP contribution in [0.5, 0.6) is 0 Å². The van der Waals surface area contributed by atoms with Crippen molar-refractivity contribution in [2.45, 2.75) is 19.9 Å². The van der Waals surface area contributed by atoms with E-state index in [2.05, 4.69) is 15.6 Å². The molecule has 1 aromatic heterocycles. The fourth-order valence-corrected chi connectivity index (χ4v) is 2.80. The third-order valence-electron chi connectivity index (χ3n) is 2.06. The molecule has 0 aromatic carbocycles. The molecule has 0 fully saturated rings. The van der Waals surface area contributed by atoms with E-state index in [1.807, 2.05) is 12.3 Å². The fraction of sp³-hybridized carbons (Fsp3) is 0.455. The van der Waals surface area contributed by atoms with Gasteiger partial charge in [-0.25, -0.2) is 9.78 Å². The summed E-state index contributed by atoms with van der Waals surface area (Å²) < 4.78 is 0.